The number of hydrogen-bond donors (Lipinski definition) is 2. The Morgan fingerprint density at radius 1 is 1.16 bits per heavy atom. The third-order valence-corrected chi connectivity index (χ3v) is 4.98. The van der Waals surface area contributed by atoms with Crippen molar-refractivity contribution in [3.63, 3.8) is 0 Å². The average molecular weight is 369 g/mol. The molecule has 0 heterocycles. The summed E-state index contributed by atoms with van der Waals surface area (Å²) >= 11 is 0. The first kappa shape index (κ1) is 18.5. The standard InChI is InChI=1S/C16H16FNO6S/c1-9-12(17)6-10(16(19)20)7-15(9)25(21,22)18-13-8-11(23-2)4-5-14(13)24-3/h4-8,18H,1-3H3,(H,19,20). The summed E-state index contributed by atoms with van der Waals surface area (Å²) in [5, 5.41) is 9.01. The van der Waals surface area contributed by atoms with Gasteiger partial charge in [-0.1, -0.05) is 0 Å². The van der Waals surface area contributed by atoms with E-state index in [4.69, 9.17) is 14.6 Å². The number of anilines is 1. The highest BCUT2D eigenvalue weighted by molar-refractivity contribution is 7.92. The fourth-order valence-corrected chi connectivity index (χ4v) is 3.49. The van der Waals surface area contributed by atoms with Crippen molar-refractivity contribution in [2.24, 2.45) is 0 Å². The van der Waals surface area contributed by atoms with E-state index in [-0.39, 0.29) is 17.0 Å². The lowest BCUT2D eigenvalue weighted by Crippen LogP contribution is -2.16. The third-order valence-electron chi connectivity index (χ3n) is 3.48. The predicted octanol–water partition coefficient (Wildman–Crippen LogP) is 2.65. The predicted molar refractivity (Wildman–Crippen MR) is 88.5 cm³/mol. The number of sulfonamides is 1. The molecule has 7 nitrogen and oxygen atoms in total. The number of carboxylic acids is 1. The Morgan fingerprint density at radius 3 is 2.40 bits per heavy atom. The van der Waals surface area contributed by atoms with Gasteiger partial charge in [-0.05, 0) is 31.2 Å². The Balaban J connectivity index is 2.56. The Kier molecular flexibility index (Phi) is 5.17. The van der Waals surface area contributed by atoms with E-state index in [9.17, 15) is 17.6 Å². The molecule has 0 aliphatic rings. The van der Waals surface area contributed by atoms with Crippen LogP contribution in [0.3, 0.4) is 0 Å². The molecule has 0 aliphatic carbocycles. The lowest BCUT2D eigenvalue weighted by atomic mass is 10.1. The molecular formula is C16H16FNO6S. The maximum absolute atomic E-state index is 13.9. The number of ether oxygens (including phenoxy) is 2. The third kappa shape index (κ3) is 3.82. The summed E-state index contributed by atoms with van der Waals surface area (Å²) in [6.45, 7) is 1.25. The normalized spacial score (nSPS) is 11.0. The Morgan fingerprint density at radius 2 is 1.84 bits per heavy atom. The minimum absolute atomic E-state index is 0.0717. The van der Waals surface area contributed by atoms with Crippen LogP contribution in [0.4, 0.5) is 10.1 Å². The number of carbonyl (C=O) groups is 1. The lowest BCUT2D eigenvalue weighted by Gasteiger charge is -2.15. The van der Waals surface area contributed by atoms with Gasteiger partial charge in [0.25, 0.3) is 10.0 Å². The van der Waals surface area contributed by atoms with Gasteiger partial charge in [0.05, 0.1) is 30.4 Å². The molecule has 2 rings (SSSR count). The van der Waals surface area contributed by atoms with Gasteiger partial charge in [0.1, 0.15) is 17.3 Å². The fraction of sp³-hybridized carbons (Fsp3) is 0.188. The fourth-order valence-electron chi connectivity index (χ4n) is 2.15. The molecule has 0 spiro atoms. The number of nitrogens with one attached hydrogen (secondary N) is 1. The molecule has 0 radical (unpaired) electrons. The van der Waals surface area contributed by atoms with Crippen molar-refractivity contribution >= 4 is 21.7 Å². The molecule has 25 heavy (non-hydrogen) atoms. The molecule has 0 saturated carbocycles. The van der Waals surface area contributed by atoms with Gasteiger partial charge in [-0.3, -0.25) is 4.72 Å². The van der Waals surface area contributed by atoms with Crippen molar-refractivity contribution < 1.29 is 32.2 Å². The topological polar surface area (TPSA) is 102 Å². The second-order valence-corrected chi connectivity index (χ2v) is 6.71. The molecule has 2 N–H and O–H groups in total. The summed E-state index contributed by atoms with van der Waals surface area (Å²) in [5.41, 5.74) is -0.595. The highest BCUT2D eigenvalue weighted by Gasteiger charge is 2.23. The van der Waals surface area contributed by atoms with E-state index in [2.05, 4.69) is 4.72 Å². The number of methoxy groups -OCH3 is 2. The van der Waals surface area contributed by atoms with E-state index in [1.807, 2.05) is 0 Å². The Labute approximate surface area is 144 Å². The molecule has 0 saturated heterocycles. The maximum atomic E-state index is 13.9. The Bertz CT molecular complexity index is 926. The van der Waals surface area contributed by atoms with Gasteiger partial charge < -0.3 is 14.6 Å². The summed E-state index contributed by atoms with van der Waals surface area (Å²) < 4.78 is 51.6. The number of rotatable bonds is 6. The van der Waals surface area contributed by atoms with Crippen LogP contribution in [-0.4, -0.2) is 33.7 Å². The van der Waals surface area contributed by atoms with E-state index >= 15 is 0 Å². The zero-order valence-electron chi connectivity index (χ0n) is 13.7. The first-order chi connectivity index (χ1) is 11.7. The number of hydrogen-bond acceptors (Lipinski definition) is 5. The van der Waals surface area contributed by atoms with Gasteiger partial charge in [0, 0.05) is 11.6 Å². The zero-order chi connectivity index (χ0) is 18.8. The van der Waals surface area contributed by atoms with E-state index in [1.165, 1.54) is 33.3 Å². The van der Waals surface area contributed by atoms with Crippen molar-refractivity contribution in [3.05, 3.63) is 47.3 Å². The molecule has 2 aromatic rings. The molecule has 0 aliphatic heterocycles. The molecule has 0 unspecified atom stereocenters. The van der Waals surface area contributed by atoms with Gasteiger partial charge in [0.15, 0.2) is 0 Å². The zero-order valence-corrected chi connectivity index (χ0v) is 14.5. The quantitative estimate of drug-likeness (QED) is 0.812. The molecule has 9 heteroatoms. The summed E-state index contributed by atoms with van der Waals surface area (Å²) in [4.78, 5) is 10.6. The van der Waals surface area contributed by atoms with Crippen LogP contribution in [0.25, 0.3) is 0 Å². The summed E-state index contributed by atoms with van der Waals surface area (Å²) in [6, 6.07) is 6.13. The highest BCUT2D eigenvalue weighted by atomic mass is 32.2. The number of aromatic carboxylic acids is 1. The van der Waals surface area contributed by atoms with Gasteiger partial charge in [-0.2, -0.15) is 0 Å². The minimum atomic E-state index is -4.27. The van der Waals surface area contributed by atoms with Crippen molar-refractivity contribution in [1.82, 2.24) is 0 Å². The average Bonchev–Trinajstić information content (AvgIpc) is 2.56. The molecule has 0 amide bonds. The van der Waals surface area contributed by atoms with Crippen LogP contribution in [0.15, 0.2) is 35.2 Å². The van der Waals surface area contributed by atoms with Gasteiger partial charge >= 0.3 is 5.97 Å². The summed E-state index contributed by atoms with van der Waals surface area (Å²) in [7, 11) is -1.50. The van der Waals surface area contributed by atoms with Crippen molar-refractivity contribution in [3.8, 4) is 11.5 Å². The summed E-state index contributed by atoms with van der Waals surface area (Å²) in [6.07, 6.45) is 0. The molecule has 134 valence electrons. The maximum Gasteiger partial charge on any atom is 0.335 e. The van der Waals surface area contributed by atoms with E-state index in [0.717, 1.165) is 12.1 Å². The van der Waals surface area contributed by atoms with Crippen LogP contribution in [0, 0.1) is 12.7 Å². The molecule has 0 fully saturated rings. The van der Waals surface area contributed by atoms with Crippen LogP contribution in [0.2, 0.25) is 0 Å². The number of halogens is 1. The van der Waals surface area contributed by atoms with Gasteiger partial charge in [-0.15, -0.1) is 0 Å². The van der Waals surface area contributed by atoms with Crippen molar-refractivity contribution in [2.75, 3.05) is 18.9 Å². The van der Waals surface area contributed by atoms with E-state index in [1.54, 1.807) is 6.07 Å². The van der Waals surface area contributed by atoms with E-state index < -0.39 is 32.3 Å². The first-order valence-corrected chi connectivity index (χ1v) is 8.46. The van der Waals surface area contributed by atoms with Crippen LogP contribution >= 0.6 is 0 Å². The molecule has 0 atom stereocenters. The second-order valence-electron chi connectivity index (χ2n) is 5.06. The largest absolute Gasteiger partial charge is 0.497 e. The van der Waals surface area contributed by atoms with Gasteiger partial charge in [-0.25, -0.2) is 17.6 Å². The first-order valence-electron chi connectivity index (χ1n) is 6.98. The summed E-state index contributed by atoms with van der Waals surface area (Å²) in [5.74, 6) is -1.77. The number of benzene rings is 2. The second kappa shape index (κ2) is 6.98. The van der Waals surface area contributed by atoms with Crippen LogP contribution < -0.4 is 14.2 Å². The smallest absolute Gasteiger partial charge is 0.335 e. The van der Waals surface area contributed by atoms with Crippen molar-refractivity contribution in [2.45, 2.75) is 11.8 Å². The minimum Gasteiger partial charge on any atom is -0.497 e. The van der Waals surface area contributed by atoms with Crippen molar-refractivity contribution in [1.29, 1.82) is 0 Å². The monoisotopic (exact) mass is 369 g/mol. The molecule has 2 aromatic carbocycles. The Hall–Kier alpha value is -2.81. The van der Waals surface area contributed by atoms with Crippen LogP contribution in [0.1, 0.15) is 15.9 Å². The van der Waals surface area contributed by atoms with Gasteiger partial charge in [0.2, 0.25) is 0 Å². The van der Waals surface area contributed by atoms with E-state index in [0.29, 0.717) is 5.75 Å². The SMILES string of the molecule is COc1ccc(OC)c(NS(=O)(=O)c2cc(C(=O)O)cc(F)c2C)c1. The van der Waals surface area contributed by atoms with Crippen LogP contribution in [-0.2, 0) is 10.0 Å². The molecule has 0 bridgehead atoms. The van der Waals surface area contributed by atoms with Crippen LogP contribution in [0.5, 0.6) is 11.5 Å². The lowest BCUT2D eigenvalue weighted by molar-refractivity contribution is 0.0696. The highest BCUT2D eigenvalue weighted by Crippen LogP contribution is 2.32. The molecular weight excluding hydrogens is 353 g/mol. The number of carboxylic acid groups (broad SMARTS) is 1. The molecule has 0 aromatic heterocycles.